The first-order valence-electron chi connectivity index (χ1n) is 11.6. The van der Waals surface area contributed by atoms with E-state index in [0.29, 0.717) is 44.9 Å². The predicted octanol–water partition coefficient (Wildman–Crippen LogP) is 8.18. The molecule has 7 heteroatoms. The highest BCUT2D eigenvalue weighted by atomic mass is 35.5. The quantitative estimate of drug-likeness (QED) is 0.334. The van der Waals surface area contributed by atoms with Gasteiger partial charge in [-0.15, -0.1) is 0 Å². The normalized spacial score (nSPS) is 20.0. The summed E-state index contributed by atoms with van der Waals surface area (Å²) in [5, 5.41) is 4.73. The third-order valence-electron chi connectivity index (χ3n) is 6.37. The Hall–Kier alpha value is -2.24. The van der Waals surface area contributed by atoms with Crippen LogP contribution in [-0.2, 0) is 9.53 Å². The van der Waals surface area contributed by atoms with Gasteiger partial charge in [-0.25, -0.2) is 0 Å². The van der Waals surface area contributed by atoms with Crippen LogP contribution in [0.25, 0.3) is 0 Å². The lowest BCUT2D eigenvalue weighted by molar-refractivity contribution is -0.118. The summed E-state index contributed by atoms with van der Waals surface area (Å²) in [7, 11) is 0. The van der Waals surface area contributed by atoms with Gasteiger partial charge in [-0.3, -0.25) is 4.79 Å². The van der Waals surface area contributed by atoms with Crippen LogP contribution in [0, 0.1) is 11.8 Å². The fraction of sp³-hybridized carbons (Fsp3) is 0.321. The van der Waals surface area contributed by atoms with Crippen molar-refractivity contribution in [2.45, 2.75) is 32.3 Å². The fourth-order valence-corrected chi connectivity index (χ4v) is 5.23. The molecule has 3 aromatic rings. The lowest BCUT2D eigenvalue weighted by Crippen LogP contribution is -2.31. The molecule has 4 nitrogen and oxygen atoms in total. The zero-order valence-corrected chi connectivity index (χ0v) is 21.9. The molecule has 0 bridgehead atoms. The van der Waals surface area contributed by atoms with E-state index in [1.54, 1.807) is 30.3 Å². The first-order chi connectivity index (χ1) is 16.8. The number of anilines is 1. The first kappa shape index (κ1) is 25.8. The van der Waals surface area contributed by atoms with Crippen molar-refractivity contribution in [2.75, 3.05) is 18.5 Å². The van der Waals surface area contributed by atoms with Crippen LogP contribution >= 0.6 is 34.8 Å². The SMILES string of the molecule is CC(C)[C@@H]1C[C@H](c2ccc(Cl)cc2Cl)CO[C@H]1c1cccc(OCC(=O)Nc2ccc(Cl)cc2)c1. The number of halogens is 3. The Morgan fingerprint density at radius 2 is 1.77 bits per heavy atom. The van der Waals surface area contributed by atoms with Gasteiger partial charge in [-0.05, 0) is 77.9 Å². The lowest BCUT2D eigenvalue weighted by Gasteiger charge is -2.39. The summed E-state index contributed by atoms with van der Waals surface area (Å²) < 4.78 is 12.2. The van der Waals surface area contributed by atoms with Crippen LogP contribution < -0.4 is 10.1 Å². The Morgan fingerprint density at radius 3 is 2.49 bits per heavy atom. The van der Waals surface area contributed by atoms with Crippen molar-refractivity contribution in [1.29, 1.82) is 0 Å². The molecule has 0 unspecified atom stereocenters. The average molecular weight is 533 g/mol. The van der Waals surface area contributed by atoms with Gasteiger partial charge in [0.25, 0.3) is 5.91 Å². The van der Waals surface area contributed by atoms with Gasteiger partial charge in [0.15, 0.2) is 6.61 Å². The molecule has 184 valence electrons. The number of nitrogens with one attached hydrogen (secondary N) is 1. The highest BCUT2D eigenvalue weighted by Gasteiger charge is 2.35. The monoisotopic (exact) mass is 531 g/mol. The molecule has 1 aliphatic heterocycles. The van der Waals surface area contributed by atoms with Crippen molar-refractivity contribution >= 4 is 46.4 Å². The predicted molar refractivity (Wildman–Crippen MR) is 143 cm³/mol. The zero-order valence-electron chi connectivity index (χ0n) is 19.6. The molecule has 35 heavy (non-hydrogen) atoms. The maximum Gasteiger partial charge on any atom is 0.262 e. The molecule has 1 fully saturated rings. The lowest BCUT2D eigenvalue weighted by atomic mass is 9.76. The Balaban J connectivity index is 1.42. The number of hydrogen-bond donors (Lipinski definition) is 1. The van der Waals surface area contributed by atoms with Gasteiger partial charge in [0.2, 0.25) is 0 Å². The van der Waals surface area contributed by atoms with Crippen molar-refractivity contribution < 1.29 is 14.3 Å². The third kappa shape index (κ3) is 6.71. The largest absolute Gasteiger partial charge is 0.484 e. The molecular weight excluding hydrogens is 505 g/mol. The van der Waals surface area contributed by atoms with Crippen molar-refractivity contribution in [3.8, 4) is 5.75 Å². The zero-order chi connectivity index (χ0) is 24.9. The minimum absolute atomic E-state index is 0.0660. The van der Waals surface area contributed by atoms with E-state index in [0.717, 1.165) is 17.5 Å². The summed E-state index contributed by atoms with van der Waals surface area (Å²) in [4.78, 5) is 12.3. The molecule has 0 aliphatic carbocycles. The van der Waals surface area contributed by atoms with Gasteiger partial charge in [-0.1, -0.05) is 66.8 Å². The Kier molecular flexibility index (Phi) is 8.61. The minimum Gasteiger partial charge on any atom is -0.484 e. The molecule has 3 atom stereocenters. The summed E-state index contributed by atoms with van der Waals surface area (Å²) in [6.45, 7) is 4.91. The van der Waals surface area contributed by atoms with Crippen LogP contribution in [0.5, 0.6) is 5.75 Å². The van der Waals surface area contributed by atoms with E-state index >= 15 is 0 Å². The molecule has 1 saturated heterocycles. The maximum absolute atomic E-state index is 12.3. The average Bonchev–Trinajstić information content (AvgIpc) is 2.84. The number of benzene rings is 3. The second-order valence-corrected chi connectivity index (χ2v) is 10.5. The van der Waals surface area contributed by atoms with Crippen molar-refractivity contribution in [3.63, 3.8) is 0 Å². The van der Waals surface area contributed by atoms with E-state index < -0.39 is 0 Å². The summed E-state index contributed by atoms with van der Waals surface area (Å²) in [5.74, 6) is 1.30. The summed E-state index contributed by atoms with van der Waals surface area (Å²) in [6, 6.07) is 20.4. The number of carbonyl (C=O) groups is 1. The number of ether oxygens (including phenoxy) is 2. The van der Waals surface area contributed by atoms with Gasteiger partial charge in [0, 0.05) is 26.7 Å². The number of carbonyl (C=O) groups excluding carboxylic acids is 1. The summed E-state index contributed by atoms with van der Waals surface area (Å²) in [6.07, 6.45) is 0.891. The molecule has 4 rings (SSSR count). The minimum atomic E-state index is -0.241. The molecule has 1 aliphatic rings. The van der Waals surface area contributed by atoms with Gasteiger partial charge in [-0.2, -0.15) is 0 Å². The molecule has 1 heterocycles. The van der Waals surface area contributed by atoms with Crippen LogP contribution in [0.2, 0.25) is 15.1 Å². The molecule has 0 saturated carbocycles. The van der Waals surface area contributed by atoms with E-state index in [-0.39, 0.29) is 24.5 Å². The molecule has 0 aromatic heterocycles. The molecule has 1 N–H and O–H groups in total. The Labute approximate surface area is 221 Å². The molecule has 0 spiro atoms. The highest BCUT2D eigenvalue weighted by molar-refractivity contribution is 6.35. The van der Waals surface area contributed by atoms with Crippen LogP contribution in [0.1, 0.15) is 43.4 Å². The fourth-order valence-electron chi connectivity index (χ4n) is 4.54. The third-order valence-corrected chi connectivity index (χ3v) is 7.18. The molecular formula is C28H28Cl3NO3. The van der Waals surface area contributed by atoms with E-state index in [1.165, 1.54) is 0 Å². The van der Waals surface area contributed by atoms with Gasteiger partial charge < -0.3 is 14.8 Å². The maximum atomic E-state index is 12.3. The van der Waals surface area contributed by atoms with Gasteiger partial charge >= 0.3 is 0 Å². The van der Waals surface area contributed by atoms with Crippen LogP contribution in [0.15, 0.2) is 66.7 Å². The van der Waals surface area contributed by atoms with E-state index in [1.807, 2.05) is 30.3 Å². The topological polar surface area (TPSA) is 47.6 Å². The molecule has 0 radical (unpaired) electrons. The van der Waals surface area contributed by atoms with E-state index in [2.05, 4.69) is 25.2 Å². The Morgan fingerprint density at radius 1 is 1.03 bits per heavy atom. The number of rotatable bonds is 7. The van der Waals surface area contributed by atoms with Crippen LogP contribution in [0.4, 0.5) is 5.69 Å². The number of amides is 1. The van der Waals surface area contributed by atoms with Crippen molar-refractivity contribution in [3.05, 3.63) is 92.9 Å². The van der Waals surface area contributed by atoms with Crippen molar-refractivity contribution in [2.24, 2.45) is 11.8 Å². The van der Waals surface area contributed by atoms with Gasteiger partial charge in [0.05, 0.1) is 12.7 Å². The molecule has 3 aromatic carbocycles. The standard InChI is InChI=1S/C28H28Cl3NO3/c1-17(2)25-13-19(24-11-8-21(30)14-26(24)31)15-35-28(25)18-4-3-5-23(12-18)34-16-27(33)32-22-9-6-20(29)7-10-22/h3-12,14,17,19,25,28H,13,15-16H2,1-2H3,(H,32,33)/t19-,25-,28-/m0/s1. The second kappa shape index (κ2) is 11.7. The summed E-state index contributed by atoms with van der Waals surface area (Å²) >= 11 is 18.5. The van der Waals surface area contributed by atoms with Crippen molar-refractivity contribution in [1.82, 2.24) is 0 Å². The smallest absolute Gasteiger partial charge is 0.262 e. The Bertz CT molecular complexity index is 1170. The van der Waals surface area contributed by atoms with Crippen LogP contribution in [-0.4, -0.2) is 19.1 Å². The van der Waals surface area contributed by atoms with Gasteiger partial charge in [0.1, 0.15) is 5.75 Å². The highest BCUT2D eigenvalue weighted by Crippen LogP contribution is 2.45. The first-order valence-corrected chi connectivity index (χ1v) is 12.8. The molecule has 1 amide bonds. The van der Waals surface area contributed by atoms with E-state index in [9.17, 15) is 4.79 Å². The summed E-state index contributed by atoms with van der Waals surface area (Å²) in [5.41, 5.74) is 2.78. The van der Waals surface area contributed by atoms with Crippen LogP contribution in [0.3, 0.4) is 0 Å². The second-order valence-electron chi connectivity index (χ2n) is 9.18. The van der Waals surface area contributed by atoms with E-state index in [4.69, 9.17) is 44.3 Å². The number of hydrogen-bond acceptors (Lipinski definition) is 3.